The topological polar surface area (TPSA) is 53.3 Å². The van der Waals surface area contributed by atoms with Gasteiger partial charge in [-0.3, -0.25) is 4.79 Å². The molecule has 1 amide bonds. The zero-order valence-electron chi connectivity index (χ0n) is 11.1. The van der Waals surface area contributed by atoms with Crippen molar-refractivity contribution in [2.45, 2.75) is 19.8 Å². The molecule has 0 aliphatic carbocycles. The predicted octanol–water partition coefficient (Wildman–Crippen LogP) is 2.20. The Bertz CT molecular complexity index is 476. The molecule has 1 saturated heterocycles. The molecule has 100 valence electrons. The van der Waals surface area contributed by atoms with E-state index in [0.717, 1.165) is 19.5 Å². The fourth-order valence-electron chi connectivity index (χ4n) is 2.28. The molecule has 4 nitrogen and oxygen atoms in total. The monoisotopic (exact) mass is 258 g/mol. The lowest BCUT2D eigenvalue weighted by atomic mass is 10.0. The Morgan fingerprint density at radius 1 is 1.47 bits per heavy atom. The van der Waals surface area contributed by atoms with Crippen LogP contribution in [0.2, 0.25) is 0 Å². The minimum atomic E-state index is 0.0379. The molecule has 1 aromatic carbocycles. The minimum absolute atomic E-state index is 0.0379. The second-order valence-electron chi connectivity index (χ2n) is 5.01. The van der Waals surface area contributed by atoms with Crippen LogP contribution in [0.25, 0.3) is 0 Å². The van der Waals surface area contributed by atoms with Gasteiger partial charge in [0.25, 0.3) is 5.91 Å². The van der Waals surface area contributed by atoms with Gasteiger partial charge in [-0.25, -0.2) is 0 Å². The van der Waals surface area contributed by atoms with Gasteiger partial charge in [-0.2, -0.15) is 5.26 Å². The maximum absolute atomic E-state index is 12.0. The molecular weight excluding hydrogens is 240 g/mol. The summed E-state index contributed by atoms with van der Waals surface area (Å²) in [5.41, 5.74) is 0.587. The summed E-state index contributed by atoms with van der Waals surface area (Å²) < 4.78 is 5.46. The van der Waals surface area contributed by atoms with Crippen molar-refractivity contribution >= 4 is 5.91 Å². The quantitative estimate of drug-likeness (QED) is 0.835. The standard InChI is InChI=1S/C15H18N2O2/c1-12-3-2-8-17(10-12)15(18)11-19-14-6-4-13(9-16)5-7-14/h4-7,12H,2-3,8,10-11H2,1H3/t12-/m0/s1. The second kappa shape index (κ2) is 6.24. The summed E-state index contributed by atoms with van der Waals surface area (Å²) in [7, 11) is 0. The first-order valence-electron chi connectivity index (χ1n) is 6.60. The predicted molar refractivity (Wildman–Crippen MR) is 71.6 cm³/mol. The lowest BCUT2D eigenvalue weighted by molar-refractivity contribution is -0.135. The fourth-order valence-corrected chi connectivity index (χ4v) is 2.28. The molecule has 0 N–H and O–H groups in total. The highest BCUT2D eigenvalue weighted by atomic mass is 16.5. The lowest BCUT2D eigenvalue weighted by Gasteiger charge is -2.30. The first-order chi connectivity index (χ1) is 9.19. The van der Waals surface area contributed by atoms with Gasteiger partial charge < -0.3 is 9.64 Å². The Morgan fingerprint density at radius 3 is 2.84 bits per heavy atom. The van der Waals surface area contributed by atoms with Crippen molar-refractivity contribution in [2.75, 3.05) is 19.7 Å². The summed E-state index contributed by atoms with van der Waals surface area (Å²) >= 11 is 0. The highest BCUT2D eigenvalue weighted by Crippen LogP contribution is 2.16. The third kappa shape index (κ3) is 3.72. The molecule has 0 aromatic heterocycles. The van der Waals surface area contributed by atoms with Gasteiger partial charge in [0.1, 0.15) is 5.75 Å². The number of carbonyl (C=O) groups is 1. The maximum atomic E-state index is 12.0. The summed E-state index contributed by atoms with van der Waals surface area (Å²) in [6.07, 6.45) is 2.27. The number of rotatable bonds is 3. The van der Waals surface area contributed by atoms with Crippen molar-refractivity contribution in [3.63, 3.8) is 0 Å². The largest absolute Gasteiger partial charge is 0.484 e. The van der Waals surface area contributed by atoms with E-state index in [1.54, 1.807) is 24.3 Å². The molecule has 1 heterocycles. The SMILES string of the molecule is C[C@H]1CCCN(C(=O)COc2ccc(C#N)cc2)C1. The normalized spacial score (nSPS) is 18.7. The smallest absolute Gasteiger partial charge is 0.260 e. The maximum Gasteiger partial charge on any atom is 0.260 e. The van der Waals surface area contributed by atoms with Crippen LogP contribution in [-0.2, 0) is 4.79 Å². The van der Waals surface area contributed by atoms with Crippen LogP contribution in [0.15, 0.2) is 24.3 Å². The Kier molecular flexibility index (Phi) is 4.40. The average molecular weight is 258 g/mol. The van der Waals surface area contributed by atoms with Crippen LogP contribution in [0.1, 0.15) is 25.3 Å². The summed E-state index contributed by atoms with van der Waals surface area (Å²) in [6.45, 7) is 3.90. The molecule has 0 saturated carbocycles. The van der Waals surface area contributed by atoms with E-state index in [1.807, 2.05) is 11.0 Å². The molecule has 1 atom stereocenters. The zero-order chi connectivity index (χ0) is 13.7. The number of hydrogen-bond donors (Lipinski definition) is 0. The lowest BCUT2D eigenvalue weighted by Crippen LogP contribution is -2.41. The summed E-state index contributed by atoms with van der Waals surface area (Å²) in [5, 5.41) is 8.69. The zero-order valence-corrected chi connectivity index (χ0v) is 11.1. The fraction of sp³-hybridized carbons (Fsp3) is 0.467. The van der Waals surface area contributed by atoms with Crippen molar-refractivity contribution in [3.8, 4) is 11.8 Å². The van der Waals surface area contributed by atoms with Gasteiger partial charge in [-0.05, 0) is 43.0 Å². The van der Waals surface area contributed by atoms with Crippen LogP contribution in [0, 0.1) is 17.2 Å². The number of nitrogens with zero attached hydrogens (tertiary/aromatic N) is 2. The molecule has 1 aliphatic heterocycles. The second-order valence-corrected chi connectivity index (χ2v) is 5.01. The molecule has 0 radical (unpaired) electrons. The number of carbonyl (C=O) groups excluding carboxylic acids is 1. The summed E-state index contributed by atoms with van der Waals surface area (Å²) in [5.74, 6) is 1.24. The van der Waals surface area contributed by atoms with Crippen LogP contribution in [0.3, 0.4) is 0 Å². The van der Waals surface area contributed by atoms with Crippen LogP contribution >= 0.6 is 0 Å². The van der Waals surface area contributed by atoms with Gasteiger partial charge in [0.2, 0.25) is 0 Å². The first-order valence-corrected chi connectivity index (χ1v) is 6.60. The van der Waals surface area contributed by atoms with Crippen molar-refractivity contribution in [1.29, 1.82) is 5.26 Å². The number of nitriles is 1. The summed E-state index contributed by atoms with van der Waals surface area (Å²) in [4.78, 5) is 13.9. The van der Waals surface area contributed by atoms with Crippen LogP contribution in [0.4, 0.5) is 0 Å². The molecule has 1 aliphatic rings. The molecule has 1 fully saturated rings. The van der Waals surface area contributed by atoms with E-state index in [0.29, 0.717) is 17.2 Å². The van der Waals surface area contributed by atoms with E-state index in [4.69, 9.17) is 10.00 Å². The van der Waals surface area contributed by atoms with E-state index in [9.17, 15) is 4.79 Å². The highest BCUT2D eigenvalue weighted by molar-refractivity contribution is 5.77. The third-order valence-electron chi connectivity index (χ3n) is 3.36. The van der Waals surface area contributed by atoms with Gasteiger partial charge in [-0.1, -0.05) is 6.92 Å². The Morgan fingerprint density at radius 2 is 2.21 bits per heavy atom. The van der Waals surface area contributed by atoms with Gasteiger partial charge >= 0.3 is 0 Å². The number of benzene rings is 1. The van der Waals surface area contributed by atoms with E-state index in [1.165, 1.54) is 6.42 Å². The van der Waals surface area contributed by atoms with Gasteiger partial charge in [-0.15, -0.1) is 0 Å². The van der Waals surface area contributed by atoms with Crippen LogP contribution < -0.4 is 4.74 Å². The average Bonchev–Trinajstić information content (AvgIpc) is 2.45. The van der Waals surface area contributed by atoms with Crippen LogP contribution in [-0.4, -0.2) is 30.5 Å². The van der Waals surface area contributed by atoms with Gasteiger partial charge in [0.15, 0.2) is 6.61 Å². The van der Waals surface area contributed by atoms with Crippen molar-refractivity contribution in [2.24, 2.45) is 5.92 Å². The van der Waals surface area contributed by atoms with E-state index in [-0.39, 0.29) is 12.5 Å². The van der Waals surface area contributed by atoms with Gasteiger partial charge in [0.05, 0.1) is 11.6 Å². The van der Waals surface area contributed by atoms with E-state index >= 15 is 0 Å². The van der Waals surface area contributed by atoms with Gasteiger partial charge in [0, 0.05) is 13.1 Å². The third-order valence-corrected chi connectivity index (χ3v) is 3.36. The van der Waals surface area contributed by atoms with Crippen molar-refractivity contribution in [1.82, 2.24) is 4.90 Å². The van der Waals surface area contributed by atoms with Crippen molar-refractivity contribution in [3.05, 3.63) is 29.8 Å². The molecule has 0 spiro atoms. The molecule has 19 heavy (non-hydrogen) atoms. The number of piperidine rings is 1. The molecular formula is C15H18N2O2. The van der Waals surface area contributed by atoms with E-state index < -0.39 is 0 Å². The molecule has 4 heteroatoms. The number of amides is 1. The van der Waals surface area contributed by atoms with Crippen molar-refractivity contribution < 1.29 is 9.53 Å². The Labute approximate surface area is 113 Å². The Balaban J connectivity index is 1.84. The number of ether oxygens (including phenoxy) is 1. The molecule has 1 aromatic rings. The van der Waals surface area contributed by atoms with E-state index in [2.05, 4.69) is 6.92 Å². The summed E-state index contributed by atoms with van der Waals surface area (Å²) in [6, 6.07) is 8.84. The molecule has 2 rings (SSSR count). The Hall–Kier alpha value is -2.02. The highest BCUT2D eigenvalue weighted by Gasteiger charge is 2.20. The van der Waals surface area contributed by atoms with Crippen LogP contribution in [0.5, 0.6) is 5.75 Å². The first kappa shape index (κ1) is 13.4. The molecule has 0 bridgehead atoms. The minimum Gasteiger partial charge on any atom is -0.484 e. The number of likely N-dealkylation sites (tertiary alicyclic amines) is 1. The molecule has 0 unspecified atom stereocenters. The number of hydrogen-bond acceptors (Lipinski definition) is 3.